The number of para-hydroxylation sites is 1. The highest BCUT2D eigenvalue weighted by Crippen LogP contribution is 2.25. The number of pyridine rings is 1. The van der Waals surface area contributed by atoms with E-state index in [-0.39, 0.29) is 4.90 Å². The quantitative estimate of drug-likeness (QED) is 0.697. The Labute approximate surface area is 147 Å². The SMILES string of the molecule is CCc1ccc(S(=O)(=O)Nc2cccnc2Nc2ccccc2)cc1. The van der Waals surface area contributed by atoms with Gasteiger partial charge in [-0.2, -0.15) is 0 Å². The van der Waals surface area contributed by atoms with Crippen LogP contribution in [0, 0.1) is 0 Å². The molecule has 1 heterocycles. The van der Waals surface area contributed by atoms with E-state index in [1.807, 2.05) is 49.4 Å². The Hall–Kier alpha value is -2.86. The monoisotopic (exact) mass is 353 g/mol. The summed E-state index contributed by atoms with van der Waals surface area (Å²) in [5.74, 6) is 0.447. The van der Waals surface area contributed by atoms with Crippen molar-refractivity contribution >= 4 is 27.2 Å². The molecule has 0 amide bonds. The maximum Gasteiger partial charge on any atom is 0.262 e. The number of benzene rings is 2. The van der Waals surface area contributed by atoms with Crippen molar-refractivity contribution in [3.63, 3.8) is 0 Å². The van der Waals surface area contributed by atoms with E-state index in [1.165, 1.54) is 0 Å². The molecule has 0 unspecified atom stereocenters. The van der Waals surface area contributed by atoms with E-state index >= 15 is 0 Å². The summed E-state index contributed by atoms with van der Waals surface area (Å²) in [5, 5.41) is 3.13. The van der Waals surface area contributed by atoms with Gasteiger partial charge in [0.15, 0.2) is 5.82 Å². The largest absolute Gasteiger partial charge is 0.338 e. The Morgan fingerprint density at radius 3 is 2.32 bits per heavy atom. The molecule has 0 aliphatic rings. The fourth-order valence-corrected chi connectivity index (χ4v) is 3.42. The molecule has 0 fully saturated rings. The number of aromatic nitrogens is 1. The molecule has 0 atom stereocenters. The van der Waals surface area contributed by atoms with Crippen LogP contribution in [0.5, 0.6) is 0 Å². The zero-order chi connectivity index (χ0) is 17.7. The van der Waals surface area contributed by atoms with E-state index in [0.29, 0.717) is 11.5 Å². The van der Waals surface area contributed by atoms with Crippen molar-refractivity contribution in [1.82, 2.24) is 4.98 Å². The summed E-state index contributed by atoms with van der Waals surface area (Å²) >= 11 is 0. The first-order chi connectivity index (χ1) is 12.1. The molecule has 0 saturated carbocycles. The summed E-state index contributed by atoms with van der Waals surface area (Å²) in [4.78, 5) is 4.46. The molecule has 25 heavy (non-hydrogen) atoms. The molecule has 5 nitrogen and oxygen atoms in total. The van der Waals surface area contributed by atoms with Crippen LogP contribution in [0.1, 0.15) is 12.5 Å². The Bertz CT molecular complexity index is 940. The third-order valence-electron chi connectivity index (χ3n) is 3.73. The van der Waals surface area contributed by atoms with Crippen LogP contribution in [-0.2, 0) is 16.4 Å². The smallest absolute Gasteiger partial charge is 0.262 e. The summed E-state index contributed by atoms with van der Waals surface area (Å²) < 4.78 is 27.9. The lowest BCUT2D eigenvalue weighted by atomic mass is 10.2. The summed E-state index contributed by atoms with van der Waals surface area (Å²) in [6.07, 6.45) is 2.47. The Morgan fingerprint density at radius 2 is 1.64 bits per heavy atom. The zero-order valence-corrected chi connectivity index (χ0v) is 14.6. The van der Waals surface area contributed by atoms with Crippen molar-refractivity contribution < 1.29 is 8.42 Å². The molecule has 6 heteroatoms. The van der Waals surface area contributed by atoms with Gasteiger partial charge in [-0.3, -0.25) is 4.72 Å². The predicted octanol–water partition coefficient (Wildman–Crippen LogP) is 4.19. The van der Waals surface area contributed by atoms with E-state index < -0.39 is 10.0 Å². The molecular formula is C19H19N3O2S. The number of hydrogen-bond donors (Lipinski definition) is 2. The molecule has 0 spiro atoms. The average Bonchev–Trinajstić information content (AvgIpc) is 2.64. The summed E-state index contributed by atoms with van der Waals surface area (Å²) in [6.45, 7) is 2.03. The fraction of sp³-hybridized carbons (Fsp3) is 0.105. The maximum absolute atomic E-state index is 12.6. The average molecular weight is 353 g/mol. The predicted molar refractivity (Wildman–Crippen MR) is 101 cm³/mol. The van der Waals surface area contributed by atoms with Crippen LogP contribution in [0.2, 0.25) is 0 Å². The van der Waals surface area contributed by atoms with Crippen molar-refractivity contribution in [2.24, 2.45) is 0 Å². The van der Waals surface area contributed by atoms with Gasteiger partial charge in [-0.05, 0) is 48.4 Å². The number of sulfonamides is 1. The fourth-order valence-electron chi connectivity index (χ4n) is 2.35. The minimum Gasteiger partial charge on any atom is -0.338 e. The molecule has 0 aliphatic heterocycles. The first-order valence-electron chi connectivity index (χ1n) is 7.97. The lowest BCUT2D eigenvalue weighted by Crippen LogP contribution is -2.14. The normalized spacial score (nSPS) is 11.1. The van der Waals surface area contributed by atoms with Crippen molar-refractivity contribution in [2.45, 2.75) is 18.2 Å². The van der Waals surface area contributed by atoms with Crippen LogP contribution in [0.4, 0.5) is 17.2 Å². The number of rotatable bonds is 6. The maximum atomic E-state index is 12.6. The second-order valence-electron chi connectivity index (χ2n) is 5.49. The lowest BCUT2D eigenvalue weighted by Gasteiger charge is -2.13. The molecule has 0 aliphatic carbocycles. The molecule has 3 rings (SSSR count). The second kappa shape index (κ2) is 7.36. The topological polar surface area (TPSA) is 71.1 Å². The highest BCUT2D eigenvalue weighted by molar-refractivity contribution is 7.92. The van der Waals surface area contributed by atoms with Gasteiger partial charge in [0.25, 0.3) is 10.0 Å². The zero-order valence-electron chi connectivity index (χ0n) is 13.8. The highest BCUT2D eigenvalue weighted by Gasteiger charge is 2.16. The van der Waals surface area contributed by atoms with Crippen LogP contribution >= 0.6 is 0 Å². The number of nitrogens with one attached hydrogen (secondary N) is 2. The van der Waals surface area contributed by atoms with E-state index in [0.717, 1.165) is 17.7 Å². The molecule has 0 bridgehead atoms. The second-order valence-corrected chi connectivity index (χ2v) is 7.18. The first kappa shape index (κ1) is 17.0. The van der Waals surface area contributed by atoms with Crippen molar-refractivity contribution in [2.75, 3.05) is 10.0 Å². The molecule has 2 N–H and O–H groups in total. The highest BCUT2D eigenvalue weighted by atomic mass is 32.2. The molecule has 0 radical (unpaired) electrons. The molecule has 0 saturated heterocycles. The van der Waals surface area contributed by atoms with Gasteiger partial charge in [-0.25, -0.2) is 13.4 Å². The lowest BCUT2D eigenvalue weighted by molar-refractivity contribution is 0.601. The Morgan fingerprint density at radius 1 is 0.920 bits per heavy atom. The summed E-state index contributed by atoms with van der Waals surface area (Å²) in [5.41, 5.74) is 2.31. The summed E-state index contributed by atoms with van der Waals surface area (Å²) in [7, 11) is -3.68. The van der Waals surface area contributed by atoms with E-state index in [9.17, 15) is 8.42 Å². The van der Waals surface area contributed by atoms with Crippen LogP contribution in [0.25, 0.3) is 0 Å². The van der Waals surface area contributed by atoms with Gasteiger partial charge in [0.2, 0.25) is 0 Å². The van der Waals surface area contributed by atoms with Gasteiger partial charge < -0.3 is 5.32 Å². The minimum absolute atomic E-state index is 0.221. The third kappa shape index (κ3) is 4.16. The Kier molecular flexibility index (Phi) is 5.00. The van der Waals surface area contributed by atoms with E-state index in [2.05, 4.69) is 15.0 Å². The number of aryl methyl sites for hydroxylation is 1. The van der Waals surface area contributed by atoms with Crippen LogP contribution in [-0.4, -0.2) is 13.4 Å². The third-order valence-corrected chi connectivity index (χ3v) is 5.11. The molecule has 3 aromatic rings. The van der Waals surface area contributed by atoms with E-state index in [4.69, 9.17) is 0 Å². The van der Waals surface area contributed by atoms with Gasteiger partial charge in [0, 0.05) is 11.9 Å². The van der Waals surface area contributed by atoms with Gasteiger partial charge in [0.05, 0.1) is 10.6 Å². The summed E-state index contributed by atoms with van der Waals surface area (Å²) in [6, 6.07) is 19.7. The molecule has 128 valence electrons. The molecule has 2 aromatic carbocycles. The van der Waals surface area contributed by atoms with Crippen LogP contribution in [0.3, 0.4) is 0 Å². The van der Waals surface area contributed by atoms with Gasteiger partial charge in [-0.1, -0.05) is 37.3 Å². The first-order valence-corrected chi connectivity index (χ1v) is 9.45. The van der Waals surface area contributed by atoms with Gasteiger partial charge in [0.1, 0.15) is 0 Å². The van der Waals surface area contributed by atoms with Crippen LogP contribution in [0.15, 0.2) is 77.8 Å². The van der Waals surface area contributed by atoms with Crippen molar-refractivity contribution in [1.29, 1.82) is 0 Å². The van der Waals surface area contributed by atoms with Crippen LogP contribution < -0.4 is 10.0 Å². The van der Waals surface area contributed by atoms with Gasteiger partial charge >= 0.3 is 0 Å². The minimum atomic E-state index is -3.68. The van der Waals surface area contributed by atoms with Crippen molar-refractivity contribution in [3.8, 4) is 0 Å². The van der Waals surface area contributed by atoms with E-state index in [1.54, 1.807) is 30.5 Å². The Balaban J connectivity index is 1.86. The molecular weight excluding hydrogens is 334 g/mol. The molecule has 1 aromatic heterocycles. The standard InChI is InChI=1S/C19H19N3O2S/c1-2-15-10-12-17(13-11-15)25(23,24)22-18-9-6-14-20-19(18)21-16-7-4-3-5-8-16/h3-14,22H,2H2,1H3,(H,20,21). The number of hydrogen-bond acceptors (Lipinski definition) is 4. The van der Waals surface area contributed by atoms with Gasteiger partial charge in [-0.15, -0.1) is 0 Å². The number of nitrogens with zero attached hydrogens (tertiary/aromatic N) is 1. The number of anilines is 3. The van der Waals surface area contributed by atoms with Crippen molar-refractivity contribution in [3.05, 3.63) is 78.5 Å².